The van der Waals surface area contributed by atoms with Crippen LogP contribution >= 0.6 is 0 Å². The molecule has 2 rings (SSSR count). The van der Waals surface area contributed by atoms with Gasteiger partial charge in [-0.2, -0.15) is 0 Å². The molecule has 0 amide bonds. The van der Waals surface area contributed by atoms with Crippen LogP contribution in [-0.4, -0.2) is 33.1 Å². The van der Waals surface area contributed by atoms with E-state index in [0.717, 1.165) is 30.8 Å². The van der Waals surface area contributed by atoms with Crippen LogP contribution in [0.15, 0.2) is 0 Å². The first-order valence-electron chi connectivity index (χ1n) is 8.20. The lowest BCUT2D eigenvalue weighted by molar-refractivity contribution is -0.117. The van der Waals surface area contributed by atoms with Gasteiger partial charge in [-0.3, -0.25) is 0 Å². The average molecular weight is 269 g/mol. The number of ether oxygens (including phenoxy) is 2. The van der Waals surface area contributed by atoms with E-state index in [9.17, 15) is 0 Å². The Morgan fingerprint density at radius 3 is 2.68 bits per heavy atom. The number of nitrogens with one attached hydrogen (secondary N) is 1. The second-order valence-corrected chi connectivity index (χ2v) is 6.18. The molecule has 0 aromatic carbocycles. The minimum Gasteiger partial charge on any atom is -0.355 e. The third-order valence-electron chi connectivity index (χ3n) is 5.06. The molecule has 2 fully saturated rings. The zero-order chi connectivity index (χ0) is 13.5. The topological polar surface area (TPSA) is 30.5 Å². The van der Waals surface area contributed by atoms with E-state index in [0.29, 0.717) is 6.61 Å². The summed E-state index contributed by atoms with van der Waals surface area (Å²) in [5.74, 6) is 2.90. The van der Waals surface area contributed by atoms with Gasteiger partial charge < -0.3 is 14.8 Å². The molecule has 1 N–H and O–H groups in total. The van der Waals surface area contributed by atoms with Gasteiger partial charge in [0.05, 0.1) is 0 Å². The van der Waals surface area contributed by atoms with E-state index >= 15 is 0 Å². The lowest BCUT2D eigenvalue weighted by Gasteiger charge is -2.41. The van der Waals surface area contributed by atoms with Gasteiger partial charge in [-0.15, -0.1) is 0 Å². The van der Waals surface area contributed by atoms with Crippen molar-refractivity contribution in [3.63, 3.8) is 0 Å². The Labute approximate surface area is 118 Å². The zero-order valence-electron chi connectivity index (χ0n) is 12.7. The Bertz CT molecular complexity index is 245. The fraction of sp³-hybridized carbons (Fsp3) is 1.00. The summed E-state index contributed by atoms with van der Waals surface area (Å²) in [4.78, 5) is 0. The van der Waals surface area contributed by atoms with Gasteiger partial charge in [-0.25, -0.2) is 0 Å². The molecule has 4 atom stereocenters. The standard InChI is InChI=1S/C16H31NO2/c1-3-19-16(18-2)12-17-11-14-9-6-8-13-7-4-5-10-15(13)14/h13-17H,3-12H2,1-2H3. The van der Waals surface area contributed by atoms with Gasteiger partial charge in [0.15, 0.2) is 6.29 Å². The molecular weight excluding hydrogens is 238 g/mol. The van der Waals surface area contributed by atoms with Crippen LogP contribution < -0.4 is 5.32 Å². The molecule has 0 radical (unpaired) electrons. The maximum absolute atomic E-state index is 5.50. The maximum atomic E-state index is 5.50. The molecule has 0 aromatic heterocycles. The molecule has 2 aliphatic carbocycles. The SMILES string of the molecule is CCOC(CNCC1CCCC2CCCCC21)OC. The Morgan fingerprint density at radius 2 is 1.89 bits per heavy atom. The van der Waals surface area contributed by atoms with Gasteiger partial charge in [-0.1, -0.05) is 32.1 Å². The van der Waals surface area contributed by atoms with Gasteiger partial charge >= 0.3 is 0 Å². The summed E-state index contributed by atoms with van der Waals surface area (Å²) in [5, 5.41) is 3.57. The highest BCUT2D eigenvalue weighted by Crippen LogP contribution is 2.43. The third-order valence-corrected chi connectivity index (χ3v) is 5.06. The minimum atomic E-state index is -0.0873. The lowest BCUT2D eigenvalue weighted by Crippen LogP contribution is -2.39. The average Bonchev–Trinajstić information content (AvgIpc) is 2.46. The molecule has 2 saturated carbocycles. The number of methoxy groups -OCH3 is 1. The van der Waals surface area contributed by atoms with Crippen LogP contribution in [0.3, 0.4) is 0 Å². The number of hydrogen-bond acceptors (Lipinski definition) is 3. The van der Waals surface area contributed by atoms with Crippen molar-refractivity contribution in [2.24, 2.45) is 17.8 Å². The summed E-state index contributed by atoms with van der Waals surface area (Å²) in [7, 11) is 1.72. The van der Waals surface area contributed by atoms with Crippen LogP contribution in [0.4, 0.5) is 0 Å². The van der Waals surface area contributed by atoms with Crippen molar-refractivity contribution >= 4 is 0 Å². The molecule has 3 nitrogen and oxygen atoms in total. The van der Waals surface area contributed by atoms with E-state index in [1.807, 2.05) is 6.92 Å². The monoisotopic (exact) mass is 269 g/mol. The second-order valence-electron chi connectivity index (χ2n) is 6.18. The van der Waals surface area contributed by atoms with Crippen LogP contribution in [0.1, 0.15) is 51.9 Å². The Kier molecular flexibility index (Phi) is 6.62. The summed E-state index contributed by atoms with van der Waals surface area (Å²) in [6, 6.07) is 0. The van der Waals surface area contributed by atoms with Crippen molar-refractivity contribution in [2.45, 2.75) is 58.2 Å². The normalized spacial score (nSPS) is 32.8. The highest BCUT2D eigenvalue weighted by Gasteiger charge is 2.34. The molecule has 0 spiro atoms. The van der Waals surface area contributed by atoms with Gasteiger partial charge in [-0.05, 0) is 44.1 Å². The van der Waals surface area contributed by atoms with Crippen molar-refractivity contribution in [2.75, 3.05) is 26.8 Å². The predicted octanol–water partition coefficient (Wildman–Crippen LogP) is 3.19. The van der Waals surface area contributed by atoms with Crippen molar-refractivity contribution in [1.29, 1.82) is 0 Å². The highest BCUT2D eigenvalue weighted by molar-refractivity contribution is 4.86. The molecule has 19 heavy (non-hydrogen) atoms. The van der Waals surface area contributed by atoms with E-state index < -0.39 is 0 Å². The van der Waals surface area contributed by atoms with Crippen LogP contribution in [0, 0.1) is 17.8 Å². The van der Waals surface area contributed by atoms with Crippen LogP contribution in [0.25, 0.3) is 0 Å². The van der Waals surface area contributed by atoms with Crippen molar-refractivity contribution < 1.29 is 9.47 Å². The largest absolute Gasteiger partial charge is 0.355 e. The van der Waals surface area contributed by atoms with Crippen molar-refractivity contribution in [3.05, 3.63) is 0 Å². The first kappa shape index (κ1) is 15.3. The molecule has 0 aromatic rings. The van der Waals surface area contributed by atoms with Gasteiger partial charge in [0, 0.05) is 20.3 Å². The van der Waals surface area contributed by atoms with E-state index in [-0.39, 0.29) is 6.29 Å². The molecule has 4 unspecified atom stereocenters. The molecule has 0 aliphatic heterocycles. The summed E-state index contributed by atoms with van der Waals surface area (Å²) in [6.07, 6.45) is 10.1. The molecular formula is C16H31NO2. The third kappa shape index (κ3) is 4.44. The van der Waals surface area contributed by atoms with Crippen molar-refractivity contribution in [1.82, 2.24) is 5.32 Å². The summed E-state index contributed by atoms with van der Waals surface area (Å²) in [6.45, 7) is 4.69. The van der Waals surface area contributed by atoms with Crippen molar-refractivity contribution in [3.8, 4) is 0 Å². The molecule has 0 heterocycles. The van der Waals surface area contributed by atoms with Crippen LogP contribution in [0.2, 0.25) is 0 Å². The summed E-state index contributed by atoms with van der Waals surface area (Å²) >= 11 is 0. The van der Waals surface area contributed by atoms with E-state index in [1.165, 1.54) is 44.9 Å². The number of fused-ring (bicyclic) bond motifs is 1. The molecule has 0 saturated heterocycles. The van der Waals surface area contributed by atoms with Gasteiger partial charge in [0.25, 0.3) is 0 Å². The van der Waals surface area contributed by atoms with Gasteiger partial charge in [0.1, 0.15) is 0 Å². The van der Waals surface area contributed by atoms with Gasteiger partial charge in [0.2, 0.25) is 0 Å². The Balaban J connectivity index is 1.72. The zero-order valence-corrected chi connectivity index (χ0v) is 12.7. The summed E-state index contributed by atoms with van der Waals surface area (Å²) < 4.78 is 10.8. The first-order valence-corrected chi connectivity index (χ1v) is 8.20. The Morgan fingerprint density at radius 1 is 1.11 bits per heavy atom. The maximum Gasteiger partial charge on any atom is 0.169 e. The lowest BCUT2D eigenvalue weighted by atomic mass is 9.65. The molecule has 3 heteroatoms. The number of hydrogen-bond donors (Lipinski definition) is 1. The second kappa shape index (κ2) is 8.23. The fourth-order valence-electron chi connectivity index (χ4n) is 4.11. The van der Waals surface area contributed by atoms with Crippen LogP contribution in [-0.2, 0) is 9.47 Å². The molecule has 2 aliphatic rings. The molecule has 0 bridgehead atoms. The quantitative estimate of drug-likeness (QED) is 0.720. The molecule has 112 valence electrons. The smallest absolute Gasteiger partial charge is 0.169 e. The number of rotatable bonds is 7. The van der Waals surface area contributed by atoms with E-state index in [4.69, 9.17) is 9.47 Å². The van der Waals surface area contributed by atoms with Crippen LogP contribution in [0.5, 0.6) is 0 Å². The Hall–Kier alpha value is -0.120. The minimum absolute atomic E-state index is 0.0873. The first-order chi connectivity index (χ1) is 9.35. The highest BCUT2D eigenvalue weighted by atomic mass is 16.7. The fourth-order valence-corrected chi connectivity index (χ4v) is 4.11. The van der Waals surface area contributed by atoms with E-state index in [1.54, 1.807) is 7.11 Å². The predicted molar refractivity (Wildman–Crippen MR) is 78.1 cm³/mol. The summed E-state index contributed by atoms with van der Waals surface area (Å²) in [5.41, 5.74) is 0. The van der Waals surface area contributed by atoms with E-state index in [2.05, 4.69) is 5.32 Å².